The number of carbonyl (C=O) groups is 1. The topological polar surface area (TPSA) is 157 Å². The van der Waals surface area contributed by atoms with Gasteiger partial charge in [0.1, 0.15) is 23.2 Å². The van der Waals surface area contributed by atoms with E-state index in [4.69, 9.17) is 9.47 Å². The monoisotopic (exact) mass is 386 g/mol. The third-order valence-corrected chi connectivity index (χ3v) is 4.60. The minimum Gasteiger partial charge on any atom is -0.507 e. The summed E-state index contributed by atoms with van der Waals surface area (Å²) in [6.45, 7) is 1.42. The van der Waals surface area contributed by atoms with Crippen LogP contribution < -0.4 is 4.74 Å². The molecule has 1 aromatic carbocycles. The number of ether oxygens (including phenoxy) is 2. The fraction of sp³-hybridized carbons (Fsp3) is 0.611. The number of benzene rings is 1. The maximum atomic E-state index is 11.4. The first kappa shape index (κ1) is 21.4. The quantitative estimate of drug-likeness (QED) is 0.344. The summed E-state index contributed by atoms with van der Waals surface area (Å²) in [4.78, 5) is 11.4. The van der Waals surface area contributed by atoms with Gasteiger partial charge in [0.2, 0.25) is 6.29 Å². The smallest absolute Gasteiger partial charge is 0.339 e. The molecule has 1 aromatic rings. The second-order valence-electron chi connectivity index (χ2n) is 6.58. The third-order valence-electron chi connectivity index (χ3n) is 4.60. The first-order valence-electron chi connectivity index (χ1n) is 8.86. The molecule has 1 heterocycles. The van der Waals surface area contributed by atoms with Crippen molar-refractivity contribution in [1.82, 2.24) is 0 Å². The molecule has 152 valence electrons. The van der Waals surface area contributed by atoms with Crippen molar-refractivity contribution >= 4 is 5.97 Å². The average molecular weight is 386 g/mol. The van der Waals surface area contributed by atoms with Crippen molar-refractivity contribution in [2.75, 3.05) is 6.61 Å². The number of rotatable bonds is 8. The van der Waals surface area contributed by atoms with E-state index in [1.54, 1.807) is 0 Å². The first-order valence-corrected chi connectivity index (χ1v) is 8.86. The number of hydrogen-bond donors (Lipinski definition) is 6. The van der Waals surface area contributed by atoms with E-state index in [1.165, 1.54) is 6.07 Å². The van der Waals surface area contributed by atoms with Gasteiger partial charge in [-0.05, 0) is 24.5 Å². The van der Waals surface area contributed by atoms with Crippen molar-refractivity contribution in [3.05, 3.63) is 23.3 Å². The predicted molar refractivity (Wildman–Crippen MR) is 92.4 cm³/mol. The van der Waals surface area contributed by atoms with Gasteiger partial charge in [0, 0.05) is 6.07 Å². The second-order valence-corrected chi connectivity index (χ2v) is 6.58. The Morgan fingerprint density at radius 1 is 1.19 bits per heavy atom. The molecule has 0 bridgehead atoms. The van der Waals surface area contributed by atoms with Crippen molar-refractivity contribution in [1.29, 1.82) is 0 Å². The summed E-state index contributed by atoms with van der Waals surface area (Å²) in [7, 11) is 0. The summed E-state index contributed by atoms with van der Waals surface area (Å²) in [6.07, 6.45) is -3.14. The number of carboxylic acids is 1. The summed E-state index contributed by atoms with van der Waals surface area (Å²) >= 11 is 0. The van der Waals surface area contributed by atoms with Crippen LogP contribution in [0, 0.1) is 5.92 Å². The predicted octanol–water partition coefficient (Wildman–Crippen LogP) is 0.207. The van der Waals surface area contributed by atoms with Gasteiger partial charge in [-0.3, -0.25) is 0 Å². The number of aromatic hydroxyl groups is 1. The Hall–Kier alpha value is -1.91. The molecule has 0 saturated carbocycles. The molecule has 0 spiro atoms. The van der Waals surface area contributed by atoms with E-state index in [-0.39, 0.29) is 11.3 Å². The van der Waals surface area contributed by atoms with Crippen LogP contribution >= 0.6 is 0 Å². The Labute approximate surface area is 156 Å². The number of carboxylic acid groups (broad SMARTS) is 1. The van der Waals surface area contributed by atoms with Gasteiger partial charge in [-0.25, -0.2) is 4.79 Å². The molecule has 1 saturated heterocycles. The number of phenols is 1. The summed E-state index contributed by atoms with van der Waals surface area (Å²) in [5.74, 6) is -2.73. The highest BCUT2D eigenvalue weighted by atomic mass is 16.7. The van der Waals surface area contributed by atoms with Gasteiger partial charge in [0.05, 0.1) is 18.6 Å². The van der Waals surface area contributed by atoms with Crippen molar-refractivity contribution in [2.45, 2.75) is 57.4 Å². The van der Waals surface area contributed by atoms with Crippen molar-refractivity contribution in [3.8, 4) is 11.5 Å². The Balaban J connectivity index is 2.28. The zero-order chi connectivity index (χ0) is 20.1. The van der Waals surface area contributed by atoms with Crippen molar-refractivity contribution in [2.24, 2.45) is 5.92 Å². The van der Waals surface area contributed by atoms with E-state index in [1.807, 2.05) is 6.92 Å². The van der Waals surface area contributed by atoms with Crippen LogP contribution in [0.1, 0.15) is 42.1 Å². The zero-order valence-electron chi connectivity index (χ0n) is 15.0. The summed E-state index contributed by atoms with van der Waals surface area (Å²) in [5.41, 5.74) is 0.167. The molecule has 0 amide bonds. The highest BCUT2D eigenvalue weighted by molar-refractivity contribution is 5.92. The van der Waals surface area contributed by atoms with E-state index >= 15 is 0 Å². The number of aromatic carboxylic acids is 1. The molecule has 1 aliphatic heterocycles. The lowest BCUT2D eigenvalue weighted by atomic mass is 9.94. The fourth-order valence-electron chi connectivity index (χ4n) is 3.08. The van der Waals surface area contributed by atoms with Crippen LogP contribution in [0.15, 0.2) is 12.1 Å². The van der Waals surface area contributed by atoms with Gasteiger partial charge in [-0.2, -0.15) is 0 Å². The number of aryl methyl sites for hydroxylation is 1. The molecule has 2 rings (SSSR count). The number of unbranched alkanes of at least 4 members (excludes halogenated alkanes) is 2. The molecule has 27 heavy (non-hydrogen) atoms. The Bertz CT molecular complexity index is 648. The van der Waals surface area contributed by atoms with Gasteiger partial charge in [-0.15, -0.1) is 0 Å². The lowest BCUT2D eigenvalue weighted by Gasteiger charge is -2.39. The van der Waals surface area contributed by atoms with Crippen molar-refractivity contribution in [3.63, 3.8) is 0 Å². The van der Waals surface area contributed by atoms with Gasteiger partial charge in [0.15, 0.2) is 6.29 Å². The molecular formula is C18H26O9. The molecule has 1 unspecified atom stereocenters. The van der Waals surface area contributed by atoms with Crippen LogP contribution in [-0.4, -0.2) is 68.0 Å². The fourth-order valence-corrected chi connectivity index (χ4v) is 3.08. The number of aliphatic hydroxyl groups excluding tert-OH is 4. The molecular weight excluding hydrogens is 360 g/mol. The van der Waals surface area contributed by atoms with Crippen molar-refractivity contribution < 1.29 is 44.9 Å². The van der Waals surface area contributed by atoms with Crippen LogP contribution in [-0.2, 0) is 11.2 Å². The molecule has 1 fully saturated rings. The lowest BCUT2D eigenvalue weighted by Crippen LogP contribution is -2.57. The Morgan fingerprint density at radius 2 is 1.89 bits per heavy atom. The Kier molecular flexibility index (Phi) is 7.40. The highest BCUT2D eigenvalue weighted by Crippen LogP contribution is 2.33. The molecule has 5 atom stereocenters. The standard InChI is InChI=1S/C18H26O9/c1-2-3-4-5-9-6-10(7-12(20)13(9)16(23)24)26-18-11(8-19)14(21)15(22)17(25)27-18/h6-7,11,14-15,17-22,25H,2-5,8H2,1H3,(H,23,24)/t11-,14-,15+,17+,18?/m1/s1. The van der Waals surface area contributed by atoms with E-state index < -0.39 is 49.0 Å². The van der Waals surface area contributed by atoms with E-state index in [2.05, 4.69) is 0 Å². The molecule has 0 radical (unpaired) electrons. The number of hydrogen-bond acceptors (Lipinski definition) is 8. The van der Waals surface area contributed by atoms with Gasteiger partial charge < -0.3 is 40.1 Å². The van der Waals surface area contributed by atoms with Crippen LogP contribution in [0.5, 0.6) is 11.5 Å². The molecule has 0 aromatic heterocycles. The van der Waals surface area contributed by atoms with Gasteiger partial charge in [-0.1, -0.05) is 19.8 Å². The molecule has 1 aliphatic rings. The summed E-state index contributed by atoms with van der Waals surface area (Å²) in [6, 6.07) is 2.54. The molecule has 9 nitrogen and oxygen atoms in total. The van der Waals surface area contributed by atoms with E-state index in [0.717, 1.165) is 25.3 Å². The molecule has 0 aliphatic carbocycles. The minimum absolute atomic E-state index is 0.0586. The highest BCUT2D eigenvalue weighted by Gasteiger charge is 2.45. The van der Waals surface area contributed by atoms with E-state index in [0.29, 0.717) is 12.0 Å². The SMILES string of the molecule is CCCCCc1cc(OC2O[C@H](O)[C@@H](O)[C@H](O)[C@H]2CO)cc(O)c1C(=O)O. The number of aliphatic hydroxyl groups is 4. The van der Waals surface area contributed by atoms with Gasteiger partial charge in [0.25, 0.3) is 0 Å². The van der Waals surface area contributed by atoms with Crippen LogP contribution in [0.25, 0.3) is 0 Å². The van der Waals surface area contributed by atoms with Crippen LogP contribution in [0.2, 0.25) is 0 Å². The van der Waals surface area contributed by atoms with Gasteiger partial charge >= 0.3 is 5.97 Å². The minimum atomic E-state index is -1.72. The lowest BCUT2D eigenvalue weighted by molar-refractivity contribution is -0.312. The van der Waals surface area contributed by atoms with Crippen LogP contribution in [0.4, 0.5) is 0 Å². The van der Waals surface area contributed by atoms with Crippen LogP contribution in [0.3, 0.4) is 0 Å². The second kappa shape index (κ2) is 9.34. The molecule has 9 heteroatoms. The maximum absolute atomic E-state index is 11.4. The zero-order valence-corrected chi connectivity index (χ0v) is 15.0. The van der Waals surface area contributed by atoms with E-state index in [9.17, 15) is 35.4 Å². The third kappa shape index (κ3) is 4.88. The summed E-state index contributed by atoms with van der Waals surface area (Å²) < 4.78 is 10.6. The first-order chi connectivity index (χ1) is 12.8. The normalized spacial score (nSPS) is 28.1. The largest absolute Gasteiger partial charge is 0.507 e. The molecule has 6 N–H and O–H groups in total. The average Bonchev–Trinajstić information content (AvgIpc) is 2.59. The maximum Gasteiger partial charge on any atom is 0.339 e. The summed E-state index contributed by atoms with van der Waals surface area (Å²) in [5, 5.41) is 58.2. The Morgan fingerprint density at radius 3 is 2.48 bits per heavy atom.